The molecule has 7 nitrogen and oxygen atoms in total. The summed E-state index contributed by atoms with van der Waals surface area (Å²) >= 11 is 2.83. The first-order valence-electron chi connectivity index (χ1n) is 11.8. The van der Waals surface area contributed by atoms with E-state index in [0.29, 0.717) is 36.0 Å². The first-order chi connectivity index (χ1) is 18.5. The summed E-state index contributed by atoms with van der Waals surface area (Å²) in [4.78, 5) is 9.05. The zero-order valence-electron chi connectivity index (χ0n) is 20.4. The van der Waals surface area contributed by atoms with Gasteiger partial charge in [-0.05, 0) is 24.6 Å². The van der Waals surface area contributed by atoms with Crippen LogP contribution in [-0.2, 0) is 10.5 Å². The molecule has 0 bridgehead atoms. The van der Waals surface area contributed by atoms with Gasteiger partial charge in [0.1, 0.15) is 39.7 Å². The molecule has 0 aliphatic carbocycles. The Morgan fingerprint density at radius 3 is 2.58 bits per heavy atom. The molecule has 1 aliphatic heterocycles. The minimum Gasteiger partial charge on any atom is -0.485 e. The number of nitrogen functional groups attached to an aromatic ring is 1. The summed E-state index contributed by atoms with van der Waals surface area (Å²) in [5, 5.41) is 23.1. The summed E-state index contributed by atoms with van der Waals surface area (Å²) in [6.45, 7) is 3.02. The maximum absolute atomic E-state index is 15.0. The maximum Gasteiger partial charge on any atom is 0.165 e. The van der Waals surface area contributed by atoms with Gasteiger partial charge in [-0.3, -0.25) is 0 Å². The summed E-state index contributed by atoms with van der Waals surface area (Å²) in [5.74, 6) is -0.0884. The van der Waals surface area contributed by atoms with E-state index in [2.05, 4.69) is 11.1 Å². The van der Waals surface area contributed by atoms with Crippen molar-refractivity contribution in [2.24, 2.45) is 0 Å². The molecule has 5 rings (SSSR count). The third kappa shape index (κ3) is 5.34. The Kier molecular flexibility index (Phi) is 7.57. The molecule has 38 heavy (non-hydrogen) atoms. The molecule has 1 saturated heterocycles. The number of pyridine rings is 1. The second-order valence-corrected chi connectivity index (χ2v) is 10.5. The highest BCUT2D eigenvalue weighted by atomic mass is 32.2. The van der Waals surface area contributed by atoms with Gasteiger partial charge in [0.25, 0.3) is 0 Å². The number of halogens is 1. The zero-order valence-corrected chi connectivity index (χ0v) is 22.0. The monoisotopic (exact) mass is 543 g/mol. The van der Waals surface area contributed by atoms with Crippen LogP contribution in [0.2, 0.25) is 0 Å². The van der Waals surface area contributed by atoms with Crippen LogP contribution >= 0.6 is 23.1 Å². The Bertz CT molecular complexity index is 1570. The lowest BCUT2D eigenvalue weighted by atomic mass is 9.96. The molecule has 190 valence electrons. The number of aromatic nitrogens is 2. The van der Waals surface area contributed by atoms with E-state index in [0.717, 1.165) is 16.3 Å². The lowest BCUT2D eigenvalue weighted by Crippen LogP contribution is -2.16. The number of anilines is 1. The Hall–Kier alpha value is -3.96. The average Bonchev–Trinajstić information content (AvgIpc) is 3.61. The Morgan fingerprint density at radius 1 is 1.13 bits per heavy atom. The van der Waals surface area contributed by atoms with E-state index in [1.807, 2.05) is 42.6 Å². The van der Waals surface area contributed by atoms with Crippen molar-refractivity contribution >= 4 is 28.9 Å². The molecular formula is C28H22FN5O2S2. The summed E-state index contributed by atoms with van der Waals surface area (Å²) < 4.78 is 26.0. The summed E-state index contributed by atoms with van der Waals surface area (Å²) in [7, 11) is 0. The number of benzene rings is 2. The van der Waals surface area contributed by atoms with Crippen LogP contribution in [0.3, 0.4) is 0 Å². The second-order valence-electron chi connectivity index (χ2n) is 8.70. The number of hydrogen-bond acceptors (Lipinski definition) is 9. The quantitative estimate of drug-likeness (QED) is 0.278. The van der Waals surface area contributed by atoms with E-state index >= 15 is 4.39 Å². The van der Waals surface area contributed by atoms with Crippen molar-refractivity contribution in [3.8, 4) is 39.6 Å². The van der Waals surface area contributed by atoms with Crippen molar-refractivity contribution in [2.75, 3.05) is 18.9 Å². The number of nitrogens with two attached hydrogens (primary N) is 1. The minimum absolute atomic E-state index is 0.0218. The van der Waals surface area contributed by atoms with Crippen LogP contribution < -0.4 is 10.5 Å². The normalized spacial score (nSPS) is 14.7. The standard InChI is InChI=1S/C28H22FN5O2S2/c1-16-2-4-17(5-3-16)27-33-19(14-37-27)15-38-28-22(12-31)25(21(11-30)26(32)34-28)18-6-7-24(23(29)10-18)36-20-8-9-35-13-20/h2-7,10,14,20H,8-9,13,15H2,1H3,(H2,32,34). The van der Waals surface area contributed by atoms with Crippen molar-refractivity contribution < 1.29 is 13.9 Å². The van der Waals surface area contributed by atoms with Crippen LogP contribution in [0.5, 0.6) is 5.75 Å². The van der Waals surface area contributed by atoms with Gasteiger partial charge in [-0.1, -0.05) is 47.7 Å². The van der Waals surface area contributed by atoms with Gasteiger partial charge in [0.15, 0.2) is 11.6 Å². The van der Waals surface area contributed by atoms with Gasteiger partial charge in [0, 0.05) is 28.7 Å². The van der Waals surface area contributed by atoms with Crippen molar-refractivity contribution in [1.29, 1.82) is 10.5 Å². The fourth-order valence-corrected chi connectivity index (χ4v) is 5.89. The molecule has 10 heteroatoms. The van der Waals surface area contributed by atoms with E-state index in [-0.39, 0.29) is 34.4 Å². The maximum atomic E-state index is 15.0. The first-order valence-corrected chi connectivity index (χ1v) is 13.7. The van der Waals surface area contributed by atoms with Gasteiger partial charge in [-0.2, -0.15) is 10.5 Å². The molecule has 0 spiro atoms. The Labute approximate surface area is 227 Å². The number of rotatable bonds is 7. The van der Waals surface area contributed by atoms with Crippen LogP contribution in [0.25, 0.3) is 21.7 Å². The van der Waals surface area contributed by atoms with Gasteiger partial charge < -0.3 is 15.2 Å². The molecule has 0 radical (unpaired) electrons. The number of ether oxygens (including phenoxy) is 2. The first kappa shape index (κ1) is 25.7. The molecule has 1 aliphatic rings. The largest absolute Gasteiger partial charge is 0.485 e. The molecule has 2 aromatic carbocycles. The molecule has 1 fully saturated rings. The van der Waals surface area contributed by atoms with Gasteiger partial charge in [-0.25, -0.2) is 14.4 Å². The zero-order chi connectivity index (χ0) is 26.6. The van der Waals surface area contributed by atoms with Crippen LogP contribution in [0, 0.1) is 35.4 Å². The van der Waals surface area contributed by atoms with E-state index in [9.17, 15) is 10.5 Å². The highest BCUT2D eigenvalue weighted by Gasteiger charge is 2.23. The van der Waals surface area contributed by atoms with Crippen LogP contribution in [0.15, 0.2) is 52.9 Å². The summed E-state index contributed by atoms with van der Waals surface area (Å²) in [5.41, 5.74) is 9.95. The number of thioether (sulfide) groups is 1. The predicted octanol–water partition coefficient (Wildman–Crippen LogP) is 6.11. The fraction of sp³-hybridized carbons (Fsp3) is 0.214. The molecule has 3 heterocycles. The minimum atomic E-state index is -0.599. The Balaban J connectivity index is 1.43. The number of thiazole rings is 1. The summed E-state index contributed by atoms with van der Waals surface area (Å²) in [6.07, 6.45) is 0.474. The van der Waals surface area contributed by atoms with Crippen LogP contribution in [0.1, 0.15) is 28.8 Å². The SMILES string of the molecule is Cc1ccc(-c2nc(CSc3nc(N)c(C#N)c(-c4ccc(OC5CCOC5)c(F)c4)c3C#N)cs2)cc1. The van der Waals surface area contributed by atoms with Crippen LogP contribution in [-0.4, -0.2) is 29.3 Å². The lowest BCUT2D eigenvalue weighted by molar-refractivity contribution is 0.138. The molecule has 4 aromatic rings. The van der Waals surface area contributed by atoms with Crippen molar-refractivity contribution in [1.82, 2.24) is 9.97 Å². The van der Waals surface area contributed by atoms with E-state index in [4.69, 9.17) is 20.2 Å². The molecule has 2 aromatic heterocycles. The Morgan fingerprint density at radius 2 is 1.89 bits per heavy atom. The van der Waals surface area contributed by atoms with E-state index < -0.39 is 5.82 Å². The number of hydrogen-bond donors (Lipinski definition) is 1. The van der Waals surface area contributed by atoms with E-state index in [1.165, 1.54) is 40.8 Å². The molecule has 2 N–H and O–H groups in total. The smallest absolute Gasteiger partial charge is 0.165 e. The van der Waals surface area contributed by atoms with E-state index in [1.54, 1.807) is 6.07 Å². The molecule has 0 saturated carbocycles. The second kappa shape index (κ2) is 11.2. The van der Waals surface area contributed by atoms with Crippen LogP contribution in [0.4, 0.5) is 10.2 Å². The number of nitrogens with zero attached hydrogens (tertiary/aromatic N) is 4. The van der Waals surface area contributed by atoms with Crippen molar-refractivity contribution in [3.63, 3.8) is 0 Å². The fourth-order valence-electron chi connectivity index (χ4n) is 4.07. The number of nitriles is 2. The van der Waals surface area contributed by atoms with Crippen molar-refractivity contribution in [3.05, 3.63) is 76.0 Å². The third-order valence-electron chi connectivity index (χ3n) is 6.02. The highest BCUT2D eigenvalue weighted by molar-refractivity contribution is 7.98. The number of aryl methyl sites for hydroxylation is 1. The van der Waals surface area contributed by atoms with Gasteiger partial charge in [0.2, 0.25) is 0 Å². The molecule has 1 atom stereocenters. The average molecular weight is 544 g/mol. The molecular weight excluding hydrogens is 521 g/mol. The lowest BCUT2D eigenvalue weighted by Gasteiger charge is -2.15. The van der Waals surface area contributed by atoms with Gasteiger partial charge >= 0.3 is 0 Å². The highest BCUT2D eigenvalue weighted by Crippen LogP contribution is 2.38. The van der Waals surface area contributed by atoms with Gasteiger partial charge in [0.05, 0.1) is 24.5 Å². The van der Waals surface area contributed by atoms with Gasteiger partial charge in [-0.15, -0.1) is 11.3 Å². The van der Waals surface area contributed by atoms with Crippen molar-refractivity contribution in [2.45, 2.75) is 30.2 Å². The molecule has 0 amide bonds. The topological polar surface area (TPSA) is 118 Å². The third-order valence-corrected chi connectivity index (χ3v) is 7.97. The summed E-state index contributed by atoms with van der Waals surface area (Å²) in [6, 6.07) is 16.7. The predicted molar refractivity (Wildman–Crippen MR) is 145 cm³/mol. The molecule has 1 unspecified atom stereocenters.